The molecule has 1 heterocycles. The number of nitrogens with one attached hydrogen (secondary N) is 1. The summed E-state index contributed by atoms with van der Waals surface area (Å²) in [4.78, 5) is 4.31. The first-order valence-electron chi connectivity index (χ1n) is 5.58. The summed E-state index contributed by atoms with van der Waals surface area (Å²) in [6.07, 6.45) is 0. The van der Waals surface area contributed by atoms with Gasteiger partial charge in [0.15, 0.2) is 0 Å². The maximum Gasteiger partial charge on any atom is 0.221 e. The molecule has 0 aliphatic rings. The molecule has 2 rings (SSSR count). The summed E-state index contributed by atoms with van der Waals surface area (Å²) in [7, 11) is 1.84. The molecule has 3 nitrogen and oxygen atoms in total. The first-order chi connectivity index (χ1) is 8.17. The van der Waals surface area contributed by atoms with Gasteiger partial charge < -0.3 is 10.1 Å². The summed E-state index contributed by atoms with van der Waals surface area (Å²) in [6, 6.07) is 11.8. The third-order valence-corrected chi connectivity index (χ3v) is 2.40. The van der Waals surface area contributed by atoms with E-state index in [0.717, 1.165) is 11.6 Å². The Balaban J connectivity index is 2.24. The lowest BCUT2D eigenvalue weighted by molar-refractivity contribution is 0.463. The van der Waals surface area contributed by atoms with Crippen molar-refractivity contribution >= 4 is 5.82 Å². The summed E-state index contributed by atoms with van der Waals surface area (Å²) in [5.41, 5.74) is 2.37. The standard InChI is InChI=1S/C14H16N2O/c1-10-7-11(2)9-12(8-10)17-14-6-4-5-13(15-3)16-14/h4-9H,1-3H3,(H,15,16). The number of aromatic nitrogens is 1. The predicted molar refractivity (Wildman–Crippen MR) is 69.8 cm³/mol. The Bertz CT molecular complexity index is 503. The Morgan fingerprint density at radius 2 is 1.76 bits per heavy atom. The van der Waals surface area contributed by atoms with Gasteiger partial charge in [-0.05, 0) is 43.2 Å². The van der Waals surface area contributed by atoms with E-state index in [9.17, 15) is 0 Å². The molecular weight excluding hydrogens is 212 g/mol. The zero-order valence-corrected chi connectivity index (χ0v) is 10.3. The first kappa shape index (κ1) is 11.5. The van der Waals surface area contributed by atoms with E-state index in [0.29, 0.717) is 5.88 Å². The van der Waals surface area contributed by atoms with Gasteiger partial charge in [-0.2, -0.15) is 4.98 Å². The Hall–Kier alpha value is -2.03. The van der Waals surface area contributed by atoms with Gasteiger partial charge in [0.1, 0.15) is 11.6 Å². The molecule has 0 fully saturated rings. The number of anilines is 1. The smallest absolute Gasteiger partial charge is 0.221 e. The van der Waals surface area contributed by atoms with Crippen LogP contribution in [0.25, 0.3) is 0 Å². The maximum absolute atomic E-state index is 5.73. The SMILES string of the molecule is CNc1cccc(Oc2cc(C)cc(C)c2)n1. The zero-order valence-electron chi connectivity index (χ0n) is 10.3. The van der Waals surface area contributed by atoms with Crippen LogP contribution in [-0.2, 0) is 0 Å². The summed E-state index contributed by atoms with van der Waals surface area (Å²) in [5, 5.41) is 2.98. The first-order valence-corrected chi connectivity index (χ1v) is 5.58. The van der Waals surface area contributed by atoms with Crippen molar-refractivity contribution in [3.05, 3.63) is 47.5 Å². The summed E-state index contributed by atoms with van der Waals surface area (Å²) in [5.74, 6) is 2.22. The zero-order chi connectivity index (χ0) is 12.3. The van der Waals surface area contributed by atoms with Gasteiger partial charge >= 0.3 is 0 Å². The van der Waals surface area contributed by atoms with E-state index < -0.39 is 0 Å². The van der Waals surface area contributed by atoms with Crippen molar-refractivity contribution in [2.75, 3.05) is 12.4 Å². The molecule has 0 atom stereocenters. The van der Waals surface area contributed by atoms with Crippen LogP contribution in [-0.4, -0.2) is 12.0 Å². The second-order valence-electron chi connectivity index (χ2n) is 4.04. The van der Waals surface area contributed by atoms with E-state index in [-0.39, 0.29) is 0 Å². The molecule has 0 amide bonds. The topological polar surface area (TPSA) is 34.1 Å². The third-order valence-electron chi connectivity index (χ3n) is 2.40. The Morgan fingerprint density at radius 1 is 1.06 bits per heavy atom. The molecule has 0 aliphatic heterocycles. The van der Waals surface area contributed by atoms with Crippen molar-refractivity contribution in [1.29, 1.82) is 0 Å². The molecule has 1 aromatic carbocycles. The molecule has 3 heteroatoms. The van der Waals surface area contributed by atoms with Crippen molar-refractivity contribution in [3.8, 4) is 11.6 Å². The summed E-state index contributed by atoms with van der Waals surface area (Å²) < 4.78 is 5.73. The Morgan fingerprint density at radius 3 is 2.41 bits per heavy atom. The Labute approximate surface area is 101 Å². The van der Waals surface area contributed by atoms with Crippen LogP contribution in [0.4, 0.5) is 5.82 Å². The predicted octanol–water partition coefficient (Wildman–Crippen LogP) is 3.53. The van der Waals surface area contributed by atoms with E-state index >= 15 is 0 Å². The highest BCUT2D eigenvalue weighted by Crippen LogP contribution is 2.23. The van der Waals surface area contributed by atoms with Gasteiger partial charge in [0.05, 0.1) is 0 Å². The van der Waals surface area contributed by atoms with Crippen LogP contribution in [0.15, 0.2) is 36.4 Å². The molecule has 0 saturated carbocycles. The van der Waals surface area contributed by atoms with Crippen LogP contribution in [0.2, 0.25) is 0 Å². The highest BCUT2D eigenvalue weighted by atomic mass is 16.5. The van der Waals surface area contributed by atoms with Crippen LogP contribution in [0.1, 0.15) is 11.1 Å². The molecule has 1 aromatic heterocycles. The number of benzene rings is 1. The van der Waals surface area contributed by atoms with Crippen LogP contribution < -0.4 is 10.1 Å². The molecule has 2 aromatic rings. The minimum atomic E-state index is 0.599. The lowest BCUT2D eigenvalue weighted by atomic mass is 10.1. The van der Waals surface area contributed by atoms with Crippen molar-refractivity contribution in [2.24, 2.45) is 0 Å². The van der Waals surface area contributed by atoms with Gasteiger partial charge in [0.2, 0.25) is 5.88 Å². The van der Waals surface area contributed by atoms with Crippen LogP contribution >= 0.6 is 0 Å². The van der Waals surface area contributed by atoms with E-state index in [1.165, 1.54) is 11.1 Å². The normalized spacial score (nSPS) is 10.1. The van der Waals surface area contributed by atoms with Crippen molar-refractivity contribution in [3.63, 3.8) is 0 Å². The van der Waals surface area contributed by atoms with Gasteiger partial charge in [0.25, 0.3) is 0 Å². The van der Waals surface area contributed by atoms with Gasteiger partial charge in [-0.1, -0.05) is 12.1 Å². The molecule has 0 spiro atoms. The highest BCUT2D eigenvalue weighted by molar-refractivity contribution is 5.39. The second-order valence-corrected chi connectivity index (χ2v) is 4.04. The minimum Gasteiger partial charge on any atom is -0.439 e. The molecule has 0 saturated heterocycles. The quantitative estimate of drug-likeness (QED) is 0.872. The molecule has 1 N–H and O–H groups in total. The number of hydrogen-bond donors (Lipinski definition) is 1. The largest absolute Gasteiger partial charge is 0.439 e. The Kier molecular flexibility index (Phi) is 3.28. The molecule has 0 radical (unpaired) electrons. The van der Waals surface area contributed by atoms with Crippen LogP contribution in [0.5, 0.6) is 11.6 Å². The molecule has 0 bridgehead atoms. The van der Waals surface area contributed by atoms with Gasteiger partial charge in [-0.25, -0.2) is 0 Å². The second kappa shape index (κ2) is 4.87. The lowest BCUT2D eigenvalue weighted by Crippen LogP contribution is -1.94. The van der Waals surface area contributed by atoms with Gasteiger partial charge in [-0.15, -0.1) is 0 Å². The van der Waals surface area contributed by atoms with Crippen molar-refractivity contribution < 1.29 is 4.74 Å². The van der Waals surface area contributed by atoms with Crippen molar-refractivity contribution in [1.82, 2.24) is 4.98 Å². The number of hydrogen-bond acceptors (Lipinski definition) is 3. The van der Waals surface area contributed by atoms with E-state index in [4.69, 9.17) is 4.74 Å². The number of nitrogens with zero attached hydrogens (tertiary/aromatic N) is 1. The van der Waals surface area contributed by atoms with Crippen LogP contribution in [0, 0.1) is 13.8 Å². The third kappa shape index (κ3) is 2.97. The summed E-state index contributed by atoms with van der Waals surface area (Å²) >= 11 is 0. The fourth-order valence-electron chi connectivity index (χ4n) is 1.72. The highest BCUT2D eigenvalue weighted by Gasteiger charge is 2.01. The number of rotatable bonds is 3. The van der Waals surface area contributed by atoms with E-state index in [2.05, 4.69) is 30.2 Å². The molecule has 17 heavy (non-hydrogen) atoms. The lowest BCUT2D eigenvalue weighted by Gasteiger charge is -2.08. The van der Waals surface area contributed by atoms with Crippen LogP contribution in [0.3, 0.4) is 0 Å². The number of aryl methyl sites for hydroxylation is 2. The van der Waals surface area contributed by atoms with E-state index in [1.807, 2.05) is 37.4 Å². The fraction of sp³-hybridized carbons (Fsp3) is 0.214. The van der Waals surface area contributed by atoms with Gasteiger partial charge in [-0.3, -0.25) is 0 Å². The maximum atomic E-state index is 5.73. The van der Waals surface area contributed by atoms with E-state index in [1.54, 1.807) is 0 Å². The minimum absolute atomic E-state index is 0.599. The number of ether oxygens (including phenoxy) is 1. The molecule has 0 unspecified atom stereocenters. The number of pyridine rings is 1. The monoisotopic (exact) mass is 228 g/mol. The average molecular weight is 228 g/mol. The molecular formula is C14H16N2O. The average Bonchev–Trinajstić information content (AvgIpc) is 2.28. The van der Waals surface area contributed by atoms with Crippen molar-refractivity contribution in [2.45, 2.75) is 13.8 Å². The molecule has 0 aliphatic carbocycles. The van der Waals surface area contributed by atoms with Gasteiger partial charge in [0, 0.05) is 13.1 Å². The fourth-order valence-corrected chi connectivity index (χ4v) is 1.72. The molecule has 88 valence electrons. The summed E-state index contributed by atoms with van der Waals surface area (Å²) in [6.45, 7) is 4.11.